The number of carbonyl (C=O) groups is 2. The number of amides is 1. The monoisotopic (exact) mass is 392 g/mol. The first-order valence-electron chi connectivity index (χ1n) is 9.88. The fourth-order valence-corrected chi connectivity index (χ4v) is 3.32. The first-order chi connectivity index (χ1) is 13.5. The van der Waals surface area contributed by atoms with Crippen LogP contribution in [0.25, 0.3) is 0 Å². The summed E-state index contributed by atoms with van der Waals surface area (Å²) in [7, 11) is 3.03. The molecule has 1 N–H and O–H groups in total. The highest BCUT2D eigenvalue weighted by Gasteiger charge is 2.24. The van der Waals surface area contributed by atoms with Crippen molar-refractivity contribution in [2.75, 3.05) is 40.5 Å². The lowest BCUT2D eigenvalue weighted by atomic mass is 10.0. The van der Waals surface area contributed by atoms with E-state index in [1.165, 1.54) is 7.11 Å². The lowest BCUT2D eigenvalue weighted by molar-refractivity contribution is -0.141. The van der Waals surface area contributed by atoms with Crippen LogP contribution in [0.3, 0.4) is 0 Å². The summed E-state index contributed by atoms with van der Waals surface area (Å²) in [4.78, 5) is 25.9. The third kappa shape index (κ3) is 7.13. The largest absolute Gasteiger partial charge is 0.490 e. The van der Waals surface area contributed by atoms with Gasteiger partial charge in [0.1, 0.15) is 11.9 Å². The minimum atomic E-state index is -0.156. The van der Waals surface area contributed by atoms with Crippen molar-refractivity contribution in [2.24, 2.45) is 0 Å². The van der Waals surface area contributed by atoms with Crippen LogP contribution in [-0.4, -0.2) is 69.4 Å². The van der Waals surface area contributed by atoms with Crippen LogP contribution < -0.4 is 10.1 Å². The zero-order chi connectivity index (χ0) is 20.4. The van der Waals surface area contributed by atoms with E-state index in [1.807, 2.05) is 12.1 Å². The summed E-state index contributed by atoms with van der Waals surface area (Å²) >= 11 is 0. The number of carbonyl (C=O) groups excluding carboxylic acids is 2. The van der Waals surface area contributed by atoms with Crippen LogP contribution in [-0.2, 0) is 14.3 Å². The maximum atomic E-state index is 12.2. The van der Waals surface area contributed by atoms with E-state index in [-0.39, 0.29) is 18.0 Å². The lowest BCUT2D eigenvalue weighted by Crippen LogP contribution is -2.43. The van der Waals surface area contributed by atoms with Crippen LogP contribution in [0.4, 0.5) is 0 Å². The number of methoxy groups -OCH3 is 2. The standard InChI is InChI=1S/C21H32N2O5/c1-16(7-8-20(24)27-3)23-12-9-18(10-13-23)28-19-6-4-5-17(15-19)21(25)22-11-14-26-2/h4-6,15-16,18H,7-14H2,1-3H3,(H,22,25). The Morgan fingerprint density at radius 2 is 2.00 bits per heavy atom. The summed E-state index contributed by atoms with van der Waals surface area (Å²) in [5.74, 6) is 0.435. The molecule has 1 aliphatic rings. The minimum Gasteiger partial charge on any atom is -0.490 e. The number of esters is 1. The predicted octanol–water partition coefficient (Wildman–Crippen LogP) is 2.25. The topological polar surface area (TPSA) is 77.1 Å². The molecule has 0 aromatic heterocycles. The number of nitrogens with zero attached hydrogens (tertiary/aromatic N) is 1. The van der Waals surface area contributed by atoms with Crippen molar-refractivity contribution in [1.82, 2.24) is 10.2 Å². The summed E-state index contributed by atoms with van der Waals surface area (Å²) < 4.78 is 15.8. The fourth-order valence-electron chi connectivity index (χ4n) is 3.32. The molecule has 0 spiro atoms. The molecule has 1 unspecified atom stereocenters. The highest BCUT2D eigenvalue weighted by Crippen LogP contribution is 2.22. The number of rotatable bonds is 10. The molecule has 1 aromatic carbocycles. The Morgan fingerprint density at radius 3 is 2.68 bits per heavy atom. The second kappa shape index (κ2) is 11.7. The SMILES string of the molecule is COCCNC(=O)c1cccc(OC2CCN(C(C)CCC(=O)OC)CC2)c1. The van der Waals surface area contributed by atoms with Crippen molar-refractivity contribution >= 4 is 11.9 Å². The predicted molar refractivity (Wildman–Crippen MR) is 107 cm³/mol. The van der Waals surface area contributed by atoms with Crippen molar-refractivity contribution in [1.29, 1.82) is 0 Å². The van der Waals surface area contributed by atoms with Gasteiger partial charge in [0, 0.05) is 44.8 Å². The second-order valence-electron chi connectivity index (χ2n) is 7.09. The molecule has 156 valence electrons. The van der Waals surface area contributed by atoms with E-state index in [1.54, 1.807) is 19.2 Å². The van der Waals surface area contributed by atoms with Crippen LogP contribution in [0.5, 0.6) is 5.75 Å². The van der Waals surface area contributed by atoms with Gasteiger partial charge >= 0.3 is 5.97 Å². The molecule has 0 aliphatic carbocycles. The minimum absolute atomic E-state index is 0.128. The first-order valence-corrected chi connectivity index (χ1v) is 9.88. The molecule has 0 radical (unpaired) electrons. The van der Waals surface area contributed by atoms with Crippen LogP contribution in [0.1, 0.15) is 43.0 Å². The van der Waals surface area contributed by atoms with Gasteiger partial charge < -0.3 is 24.4 Å². The zero-order valence-corrected chi connectivity index (χ0v) is 17.1. The van der Waals surface area contributed by atoms with Gasteiger partial charge in [-0.25, -0.2) is 0 Å². The van der Waals surface area contributed by atoms with Crippen molar-refractivity contribution in [2.45, 2.75) is 44.8 Å². The molecule has 1 heterocycles. The third-order valence-corrected chi connectivity index (χ3v) is 5.08. The highest BCUT2D eigenvalue weighted by atomic mass is 16.5. The summed E-state index contributed by atoms with van der Waals surface area (Å²) in [6, 6.07) is 7.63. The Morgan fingerprint density at radius 1 is 1.25 bits per heavy atom. The molecule has 2 rings (SSSR count). The number of benzene rings is 1. The summed E-state index contributed by atoms with van der Waals surface area (Å²) in [6.07, 6.45) is 3.24. The number of hydrogen-bond acceptors (Lipinski definition) is 6. The molecule has 1 atom stereocenters. The Kier molecular flexibility index (Phi) is 9.23. The molecule has 28 heavy (non-hydrogen) atoms. The van der Waals surface area contributed by atoms with Gasteiger partial charge in [-0.3, -0.25) is 9.59 Å². The van der Waals surface area contributed by atoms with Crippen molar-refractivity contribution < 1.29 is 23.8 Å². The maximum Gasteiger partial charge on any atom is 0.305 e. The quantitative estimate of drug-likeness (QED) is 0.486. The normalized spacial score (nSPS) is 16.4. The molecule has 1 aliphatic heterocycles. The number of likely N-dealkylation sites (tertiary alicyclic amines) is 1. The van der Waals surface area contributed by atoms with Gasteiger partial charge in [-0.2, -0.15) is 0 Å². The smallest absolute Gasteiger partial charge is 0.305 e. The Hall–Kier alpha value is -2.12. The van der Waals surface area contributed by atoms with E-state index < -0.39 is 0 Å². The van der Waals surface area contributed by atoms with Gasteiger partial charge in [0.25, 0.3) is 5.91 Å². The van der Waals surface area contributed by atoms with Gasteiger partial charge in [0.2, 0.25) is 0 Å². The number of piperidine rings is 1. The average Bonchev–Trinajstić information content (AvgIpc) is 2.72. The molecule has 0 saturated carbocycles. The first kappa shape index (κ1) is 22.2. The number of hydrogen-bond donors (Lipinski definition) is 1. The van der Waals surface area contributed by atoms with Crippen LogP contribution in [0, 0.1) is 0 Å². The van der Waals surface area contributed by atoms with Gasteiger partial charge in [0.15, 0.2) is 0 Å². The Balaban J connectivity index is 1.79. The fraction of sp³-hybridized carbons (Fsp3) is 0.619. The molecule has 1 aromatic rings. The number of nitrogens with one attached hydrogen (secondary N) is 1. The third-order valence-electron chi connectivity index (χ3n) is 5.08. The summed E-state index contributed by atoms with van der Waals surface area (Å²) in [5.41, 5.74) is 0.586. The summed E-state index contributed by atoms with van der Waals surface area (Å²) in [6.45, 7) is 4.98. The average molecular weight is 392 g/mol. The van der Waals surface area contributed by atoms with E-state index in [4.69, 9.17) is 14.2 Å². The van der Waals surface area contributed by atoms with Gasteiger partial charge in [-0.05, 0) is 44.4 Å². The molecular formula is C21H32N2O5. The lowest BCUT2D eigenvalue weighted by Gasteiger charge is -2.36. The van der Waals surface area contributed by atoms with Gasteiger partial charge in [-0.15, -0.1) is 0 Å². The Bertz CT molecular complexity index is 629. The highest BCUT2D eigenvalue weighted by molar-refractivity contribution is 5.94. The van der Waals surface area contributed by atoms with Crippen molar-refractivity contribution in [3.8, 4) is 5.75 Å². The van der Waals surface area contributed by atoms with Gasteiger partial charge in [0.05, 0.1) is 13.7 Å². The molecule has 1 fully saturated rings. The molecule has 7 nitrogen and oxygen atoms in total. The maximum absolute atomic E-state index is 12.2. The molecule has 1 amide bonds. The molecule has 7 heteroatoms. The molecular weight excluding hydrogens is 360 g/mol. The van der Waals surface area contributed by atoms with E-state index in [0.29, 0.717) is 31.2 Å². The van der Waals surface area contributed by atoms with Crippen molar-refractivity contribution in [3.63, 3.8) is 0 Å². The molecule has 0 bridgehead atoms. The van der Waals surface area contributed by atoms with Crippen LogP contribution in [0.15, 0.2) is 24.3 Å². The van der Waals surface area contributed by atoms with E-state index in [2.05, 4.69) is 17.1 Å². The summed E-state index contributed by atoms with van der Waals surface area (Å²) in [5, 5.41) is 2.81. The van der Waals surface area contributed by atoms with Crippen molar-refractivity contribution in [3.05, 3.63) is 29.8 Å². The number of ether oxygens (including phenoxy) is 3. The Labute approximate surface area is 167 Å². The van der Waals surface area contributed by atoms with E-state index in [9.17, 15) is 9.59 Å². The van der Waals surface area contributed by atoms with Crippen LogP contribution >= 0.6 is 0 Å². The zero-order valence-electron chi connectivity index (χ0n) is 17.1. The van der Waals surface area contributed by atoms with Crippen LogP contribution in [0.2, 0.25) is 0 Å². The second-order valence-corrected chi connectivity index (χ2v) is 7.09. The van der Waals surface area contributed by atoms with E-state index in [0.717, 1.165) is 38.1 Å². The molecule has 1 saturated heterocycles. The van der Waals surface area contributed by atoms with Gasteiger partial charge in [-0.1, -0.05) is 6.07 Å². The van der Waals surface area contributed by atoms with E-state index >= 15 is 0 Å².